The van der Waals surface area contributed by atoms with Gasteiger partial charge in [0.05, 0.1) is 0 Å². The van der Waals surface area contributed by atoms with Crippen molar-refractivity contribution in [3.05, 3.63) is 187 Å². The van der Waals surface area contributed by atoms with E-state index in [9.17, 15) is 0 Å². The Morgan fingerprint density at radius 2 is 0.938 bits per heavy atom. The molecule has 8 aromatic carbocycles. The first-order valence-electron chi connectivity index (χ1n) is 16.8. The van der Waals surface area contributed by atoms with Crippen LogP contribution in [0.5, 0.6) is 0 Å². The topological polar surface area (TPSA) is 3.24 Å². The lowest BCUT2D eigenvalue weighted by Crippen LogP contribution is -2.16. The highest BCUT2D eigenvalue weighted by atomic mass is 15.1. The summed E-state index contributed by atoms with van der Waals surface area (Å²) in [5.41, 5.74) is 13.7. The lowest BCUT2D eigenvalue weighted by Gasteiger charge is -2.28. The van der Waals surface area contributed by atoms with E-state index in [4.69, 9.17) is 0 Å². The Morgan fingerprint density at radius 1 is 0.375 bits per heavy atom. The third kappa shape index (κ3) is 4.54. The van der Waals surface area contributed by atoms with Crippen LogP contribution in [-0.2, 0) is 5.41 Å². The maximum absolute atomic E-state index is 2.41. The number of fused-ring (bicyclic) bond motifs is 6. The highest BCUT2D eigenvalue weighted by molar-refractivity contribution is 6.14. The molecular weight excluding hydrogens is 579 g/mol. The maximum atomic E-state index is 2.41. The smallest absolute Gasteiger partial charge is 0.0465 e. The van der Waals surface area contributed by atoms with Crippen molar-refractivity contribution in [2.45, 2.75) is 19.3 Å². The van der Waals surface area contributed by atoms with Crippen molar-refractivity contribution in [2.75, 3.05) is 4.90 Å². The van der Waals surface area contributed by atoms with Crippen LogP contribution in [0.2, 0.25) is 0 Å². The first-order valence-corrected chi connectivity index (χ1v) is 16.8. The Kier molecular flexibility index (Phi) is 6.55. The molecule has 0 aliphatic heterocycles. The summed E-state index contributed by atoms with van der Waals surface area (Å²) in [6.45, 7) is 4.70. The van der Waals surface area contributed by atoms with Gasteiger partial charge in [-0.05, 0) is 102 Å². The van der Waals surface area contributed by atoms with Crippen LogP contribution < -0.4 is 4.90 Å². The molecule has 0 radical (unpaired) electrons. The van der Waals surface area contributed by atoms with Gasteiger partial charge in [0, 0.05) is 22.5 Å². The summed E-state index contributed by atoms with van der Waals surface area (Å²) in [4.78, 5) is 2.40. The quantitative estimate of drug-likeness (QED) is 0.175. The van der Waals surface area contributed by atoms with E-state index in [0.29, 0.717) is 0 Å². The minimum Gasteiger partial charge on any atom is -0.310 e. The summed E-state index contributed by atoms with van der Waals surface area (Å²) in [5.74, 6) is 0. The monoisotopic (exact) mass is 613 g/mol. The van der Waals surface area contributed by atoms with Gasteiger partial charge in [-0.1, -0.05) is 153 Å². The van der Waals surface area contributed by atoms with Crippen LogP contribution in [0.25, 0.3) is 54.9 Å². The van der Waals surface area contributed by atoms with Crippen molar-refractivity contribution in [1.29, 1.82) is 0 Å². The molecule has 8 aromatic rings. The van der Waals surface area contributed by atoms with Gasteiger partial charge < -0.3 is 4.90 Å². The summed E-state index contributed by atoms with van der Waals surface area (Å²) in [6, 6.07) is 64.4. The highest BCUT2D eigenvalue weighted by Gasteiger charge is 2.35. The number of rotatable bonds is 5. The van der Waals surface area contributed by atoms with Crippen LogP contribution in [0.1, 0.15) is 25.0 Å². The van der Waals surface area contributed by atoms with E-state index in [1.54, 1.807) is 0 Å². The molecule has 1 aliphatic rings. The fraction of sp³-hybridized carbons (Fsp3) is 0.0638. The van der Waals surface area contributed by atoms with Gasteiger partial charge in [-0.25, -0.2) is 0 Å². The average Bonchev–Trinajstić information content (AvgIpc) is 3.38. The summed E-state index contributed by atoms with van der Waals surface area (Å²) >= 11 is 0. The molecular formula is C47H35N. The summed E-state index contributed by atoms with van der Waals surface area (Å²) < 4.78 is 0. The zero-order valence-corrected chi connectivity index (χ0v) is 27.2. The molecule has 0 saturated heterocycles. The van der Waals surface area contributed by atoms with Crippen molar-refractivity contribution in [3.63, 3.8) is 0 Å². The molecule has 0 heterocycles. The van der Waals surface area contributed by atoms with Crippen LogP contribution in [0.3, 0.4) is 0 Å². The van der Waals surface area contributed by atoms with E-state index >= 15 is 0 Å². The average molecular weight is 614 g/mol. The molecule has 228 valence electrons. The van der Waals surface area contributed by atoms with Crippen LogP contribution >= 0.6 is 0 Å². The van der Waals surface area contributed by atoms with Gasteiger partial charge in [0.2, 0.25) is 0 Å². The fourth-order valence-corrected chi connectivity index (χ4v) is 7.80. The van der Waals surface area contributed by atoms with E-state index in [1.165, 1.54) is 66.1 Å². The summed E-state index contributed by atoms with van der Waals surface area (Å²) in [7, 11) is 0. The zero-order chi connectivity index (χ0) is 32.2. The minimum absolute atomic E-state index is 0.0776. The SMILES string of the molecule is CC1(C)c2ccccc2-c2ccc(N(c3ccc(-c4ccccc4)cc3)c3ccc(-c4cccc5ccc6ccccc6c45)cc3)cc21. The highest BCUT2D eigenvalue weighted by Crippen LogP contribution is 2.50. The largest absolute Gasteiger partial charge is 0.310 e. The van der Waals surface area contributed by atoms with Crippen LogP contribution in [0.4, 0.5) is 17.1 Å². The van der Waals surface area contributed by atoms with Crippen LogP contribution in [0, 0.1) is 0 Å². The second-order valence-corrected chi connectivity index (χ2v) is 13.4. The van der Waals surface area contributed by atoms with Crippen LogP contribution in [0.15, 0.2) is 176 Å². The first-order chi connectivity index (χ1) is 23.6. The molecule has 1 aliphatic carbocycles. The van der Waals surface area contributed by atoms with Gasteiger partial charge in [0.1, 0.15) is 0 Å². The van der Waals surface area contributed by atoms with Crippen molar-refractivity contribution in [1.82, 2.24) is 0 Å². The Bertz CT molecular complexity index is 2450. The van der Waals surface area contributed by atoms with Gasteiger partial charge >= 0.3 is 0 Å². The molecule has 0 N–H and O–H groups in total. The van der Waals surface area contributed by atoms with Crippen molar-refractivity contribution < 1.29 is 0 Å². The van der Waals surface area contributed by atoms with Crippen molar-refractivity contribution >= 4 is 38.6 Å². The first kappa shape index (κ1) is 28.3. The lowest BCUT2D eigenvalue weighted by atomic mass is 9.82. The molecule has 0 aromatic heterocycles. The second kappa shape index (κ2) is 11.1. The van der Waals surface area contributed by atoms with Crippen molar-refractivity contribution in [2.24, 2.45) is 0 Å². The summed E-state index contributed by atoms with van der Waals surface area (Å²) in [5, 5.41) is 5.12. The predicted octanol–water partition coefficient (Wildman–Crippen LogP) is 13.1. The number of hydrogen-bond donors (Lipinski definition) is 0. The number of nitrogens with zero attached hydrogens (tertiary/aromatic N) is 1. The van der Waals surface area contributed by atoms with E-state index in [-0.39, 0.29) is 5.41 Å². The lowest BCUT2D eigenvalue weighted by molar-refractivity contribution is 0.660. The normalized spacial score (nSPS) is 13.0. The predicted molar refractivity (Wildman–Crippen MR) is 205 cm³/mol. The molecule has 0 unspecified atom stereocenters. The second-order valence-electron chi connectivity index (χ2n) is 13.4. The molecule has 0 amide bonds. The zero-order valence-electron chi connectivity index (χ0n) is 27.2. The summed E-state index contributed by atoms with van der Waals surface area (Å²) in [6.07, 6.45) is 0. The maximum Gasteiger partial charge on any atom is 0.0465 e. The molecule has 0 saturated carbocycles. The molecule has 0 spiro atoms. The molecule has 1 heteroatoms. The standard InChI is InChI=1S/C47H35N/c1-47(2)44-18-9-8-16-42(44)43-30-29-39(31-45(43)47)48(37-25-21-33(22-26-37)32-11-4-3-5-12-32)38-27-23-35(24-28-38)41-17-10-14-36-20-19-34-13-6-7-15-40(34)46(36)41/h3-31H,1-2H3. The van der Waals surface area contributed by atoms with Gasteiger partial charge in [0.15, 0.2) is 0 Å². The van der Waals surface area contributed by atoms with Crippen molar-refractivity contribution in [3.8, 4) is 33.4 Å². The van der Waals surface area contributed by atoms with E-state index in [0.717, 1.165) is 17.1 Å². The fourth-order valence-electron chi connectivity index (χ4n) is 7.80. The van der Waals surface area contributed by atoms with E-state index in [2.05, 4.69) is 195 Å². The Morgan fingerprint density at radius 3 is 1.73 bits per heavy atom. The third-order valence-electron chi connectivity index (χ3n) is 10.3. The van der Waals surface area contributed by atoms with E-state index < -0.39 is 0 Å². The molecule has 0 bridgehead atoms. The van der Waals surface area contributed by atoms with Crippen LogP contribution in [-0.4, -0.2) is 0 Å². The Balaban J connectivity index is 1.17. The van der Waals surface area contributed by atoms with Gasteiger partial charge in [-0.3, -0.25) is 0 Å². The van der Waals surface area contributed by atoms with Gasteiger partial charge in [-0.15, -0.1) is 0 Å². The molecule has 0 fully saturated rings. The minimum atomic E-state index is -0.0776. The molecule has 0 atom stereocenters. The molecule has 1 nitrogen and oxygen atoms in total. The van der Waals surface area contributed by atoms with Gasteiger partial charge in [0.25, 0.3) is 0 Å². The molecule has 9 rings (SSSR count). The Labute approximate surface area is 282 Å². The van der Waals surface area contributed by atoms with E-state index in [1.807, 2.05) is 0 Å². The van der Waals surface area contributed by atoms with Gasteiger partial charge in [-0.2, -0.15) is 0 Å². The number of benzene rings is 8. The molecule has 48 heavy (non-hydrogen) atoms. The Hall–Kier alpha value is -5.92. The third-order valence-corrected chi connectivity index (χ3v) is 10.3. The number of anilines is 3. The number of hydrogen-bond acceptors (Lipinski definition) is 1.